The summed E-state index contributed by atoms with van der Waals surface area (Å²) in [5.74, 6) is -1.01. The van der Waals surface area contributed by atoms with Gasteiger partial charge in [0.2, 0.25) is 0 Å². The van der Waals surface area contributed by atoms with Crippen LogP contribution in [0.25, 0.3) is 10.1 Å². The summed E-state index contributed by atoms with van der Waals surface area (Å²) in [4.78, 5) is 21.2. The highest BCUT2D eigenvalue weighted by Gasteiger charge is 2.15. The van der Waals surface area contributed by atoms with Crippen LogP contribution in [-0.2, 0) is 0 Å². The van der Waals surface area contributed by atoms with Crippen molar-refractivity contribution in [2.45, 2.75) is 6.92 Å². The Kier molecular flexibility index (Phi) is 2.35. The molecule has 0 atom stereocenters. The highest BCUT2D eigenvalue weighted by molar-refractivity contribution is 7.20. The third-order valence-electron chi connectivity index (χ3n) is 2.24. The lowest BCUT2D eigenvalue weighted by molar-refractivity contribution is -0.385. The predicted molar refractivity (Wildman–Crippen MR) is 60.2 cm³/mol. The lowest BCUT2D eigenvalue weighted by atomic mass is 10.1. The summed E-state index contributed by atoms with van der Waals surface area (Å²) in [5.41, 5.74) is 0.554. The van der Waals surface area contributed by atoms with E-state index in [1.54, 1.807) is 13.0 Å². The molecule has 5 nitrogen and oxygen atoms in total. The van der Waals surface area contributed by atoms with Crippen molar-refractivity contribution in [1.82, 2.24) is 0 Å². The Morgan fingerprint density at radius 3 is 2.69 bits per heavy atom. The molecule has 82 valence electrons. The van der Waals surface area contributed by atoms with Gasteiger partial charge in [-0.15, -0.1) is 11.3 Å². The highest BCUT2D eigenvalue weighted by atomic mass is 32.1. The number of carbonyl (C=O) groups is 1. The summed E-state index contributed by atoms with van der Waals surface area (Å²) in [7, 11) is 0. The molecule has 0 aliphatic rings. The van der Waals surface area contributed by atoms with Crippen LogP contribution in [0.3, 0.4) is 0 Å². The molecule has 0 radical (unpaired) electrons. The molecule has 6 heteroatoms. The molecule has 2 aromatic rings. The molecule has 0 amide bonds. The SMILES string of the molecule is Cc1cc2sc(C(=O)O)cc2cc1[N+](=O)[O-]. The van der Waals surface area contributed by atoms with Crippen molar-refractivity contribution >= 4 is 33.1 Å². The summed E-state index contributed by atoms with van der Waals surface area (Å²) < 4.78 is 0.750. The topological polar surface area (TPSA) is 80.4 Å². The van der Waals surface area contributed by atoms with E-state index < -0.39 is 10.9 Å². The van der Waals surface area contributed by atoms with Crippen LogP contribution in [0, 0.1) is 17.0 Å². The van der Waals surface area contributed by atoms with Gasteiger partial charge < -0.3 is 5.11 Å². The van der Waals surface area contributed by atoms with Gasteiger partial charge in [-0.3, -0.25) is 10.1 Å². The van der Waals surface area contributed by atoms with Gasteiger partial charge in [0.05, 0.1) is 4.92 Å². The van der Waals surface area contributed by atoms with Crippen LogP contribution in [0.4, 0.5) is 5.69 Å². The number of carboxylic acids is 1. The van der Waals surface area contributed by atoms with Gasteiger partial charge in [-0.2, -0.15) is 0 Å². The van der Waals surface area contributed by atoms with E-state index in [0.717, 1.165) is 16.0 Å². The van der Waals surface area contributed by atoms with Crippen molar-refractivity contribution in [1.29, 1.82) is 0 Å². The van der Waals surface area contributed by atoms with Crippen molar-refractivity contribution < 1.29 is 14.8 Å². The first-order valence-corrected chi connectivity index (χ1v) is 5.22. The molecule has 1 heterocycles. The number of nitrogens with zero attached hydrogens (tertiary/aromatic N) is 1. The van der Waals surface area contributed by atoms with E-state index in [1.807, 2.05) is 0 Å². The van der Waals surface area contributed by atoms with Crippen LogP contribution in [-0.4, -0.2) is 16.0 Å². The number of nitro benzene ring substituents is 1. The zero-order chi connectivity index (χ0) is 11.9. The summed E-state index contributed by atoms with van der Waals surface area (Å²) in [6, 6.07) is 4.51. The number of aryl methyl sites for hydroxylation is 1. The highest BCUT2D eigenvalue weighted by Crippen LogP contribution is 2.31. The molecule has 0 unspecified atom stereocenters. The second-order valence-corrected chi connectivity index (χ2v) is 4.43. The zero-order valence-electron chi connectivity index (χ0n) is 8.26. The maximum absolute atomic E-state index is 10.8. The fourth-order valence-electron chi connectivity index (χ4n) is 1.48. The fourth-order valence-corrected chi connectivity index (χ4v) is 2.46. The second-order valence-electron chi connectivity index (χ2n) is 3.35. The standard InChI is InChI=1S/C10H7NO4S/c1-5-2-8-6(3-7(5)11(14)15)4-9(16-8)10(12)13/h2-4H,1H3,(H,12,13). The van der Waals surface area contributed by atoms with E-state index in [-0.39, 0.29) is 10.6 Å². The van der Waals surface area contributed by atoms with Crippen LogP contribution in [0.5, 0.6) is 0 Å². The van der Waals surface area contributed by atoms with Crippen molar-refractivity contribution in [3.63, 3.8) is 0 Å². The summed E-state index contributed by atoms with van der Waals surface area (Å²) in [6.45, 7) is 1.64. The minimum atomic E-state index is -1.01. The van der Waals surface area contributed by atoms with Crippen molar-refractivity contribution in [2.24, 2.45) is 0 Å². The quantitative estimate of drug-likeness (QED) is 0.643. The summed E-state index contributed by atoms with van der Waals surface area (Å²) in [5, 5.41) is 20.1. The average molecular weight is 237 g/mol. The van der Waals surface area contributed by atoms with E-state index >= 15 is 0 Å². The van der Waals surface area contributed by atoms with Crippen LogP contribution < -0.4 is 0 Å². The summed E-state index contributed by atoms with van der Waals surface area (Å²) >= 11 is 1.12. The number of carboxylic acid groups (broad SMARTS) is 1. The van der Waals surface area contributed by atoms with Gasteiger partial charge in [0, 0.05) is 21.7 Å². The molecule has 0 aliphatic heterocycles. The first kappa shape index (κ1) is 10.6. The largest absolute Gasteiger partial charge is 0.477 e. The van der Waals surface area contributed by atoms with E-state index in [1.165, 1.54) is 12.1 Å². The molecule has 1 aromatic carbocycles. The molecule has 1 N–H and O–H groups in total. The van der Waals surface area contributed by atoms with Gasteiger partial charge >= 0.3 is 5.97 Å². The summed E-state index contributed by atoms with van der Waals surface area (Å²) in [6.07, 6.45) is 0. The first-order chi connectivity index (χ1) is 7.49. The van der Waals surface area contributed by atoms with E-state index in [0.29, 0.717) is 10.9 Å². The maximum atomic E-state index is 10.8. The monoisotopic (exact) mass is 237 g/mol. The molecular formula is C10H7NO4S. The van der Waals surface area contributed by atoms with Crippen LogP contribution in [0.15, 0.2) is 18.2 Å². The average Bonchev–Trinajstić information content (AvgIpc) is 2.58. The zero-order valence-corrected chi connectivity index (χ0v) is 9.08. The molecule has 2 rings (SSSR count). The predicted octanol–water partition coefficient (Wildman–Crippen LogP) is 2.82. The van der Waals surface area contributed by atoms with Gasteiger partial charge in [0.1, 0.15) is 4.88 Å². The van der Waals surface area contributed by atoms with Gasteiger partial charge in [0.15, 0.2) is 0 Å². The number of rotatable bonds is 2. The molecule has 0 saturated heterocycles. The molecule has 1 aromatic heterocycles. The molecule has 0 bridgehead atoms. The van der Waals surface area contributed by atoms with E-state index in [9.17, 15) is 14.9 Å². The van der Waals surface area contributed by atoms with E-state index in [4.69, 9.17) is 5.11 Å². The number of fused-ring (bicyclic) bond motifs is 1. The number of hydrogen-bond acceptors (Lipinski definition) is 4. The van der Waals surface area contributed by atoms with Gasteiger partial charge in [-0.25, -0.2) is 4.79 Å². The minimum Gasteiger partial charge on any atom is -0.477 e. The fraction of sp³-hybridized carbons (Fsp3) is 0.100. The second kappa shape index (κ2) is 3.57. The van der Waals surface area contributed by atoms with Gasteiger partial charge in [0.25, 0.3) is 5.69 Å². The Morgan fingerprint density at radius 2 is 2.12 bits per heavy atom. The smallest absolute Gasteiger partial charge is 0.345 e. The van der Waals surface area contributed by atoms with Crippen molar-refractivity contribution in [2.75, 3.05) is 0 Å². The number of thiophene rings is 1. The van der Waals surface area contributed by atoms with Crippen LogP contribution in [0.2, 0.25) is 0 Å². The molecule has 0 spiro atoms. The maximum Gasteiger partial charge on any atom is 0.345 e. The molecule has 16 heavy (non-hydrogen) atoms. The lowest BCUT2D eigenvalue weighted by Crippen LogP contribution is -1.90. The number of nitro groups is 1. The minimum absolute atomic E-state index is 0.0160. The Morgan fingerprint density at radius 1 is 1.44 bits per heavy atom. The Hall–Kier alpha value is -1.95. The van der Waals surface area contributed by atoms with Crippen LogP contribution in [0.1, 0.15) is 15.2 Å². The molecule has 0 saturated carbocycles. The number of aromatic carboxylic acids is 1. The third-order valence-corrected chi connectivity index (χ3v) is 3.33. The normalized spacial score (nSPS) is 10.6. The first-order valence-electron chi connectivity index (χ1n) is 4.41. The molecule has 0 fully saturated rings. The van der Waals surface area contributed by atoms with E-state index in [2.05, 4.69) is 0 Å². The molecule has 0 aliphatic carbocycles. The number of benzene rings is 1. The Balaban J connectivity index is 2.70. The van der Waals surface area contributed by atoms with Crippen molar-refractivity contribution in [3.05, 3.63) is 38.8 Å². The van der Waals surface area contributed by atoms with Crippen LogP contribution >= 0.6 is 11.3 Å². The molecular weight excluding hydrogens is 230 g/mol. The van der Waals surface area contributed by atoms with Crippen molar-refractivity contribution in [3.8, 4) is 0 Å². The number of hydrogen-bond donors (Lipinski definition) is 1. The third kappa shape index (κ3) is 1.63. The van der Waals surface area contributed by atoms with Gasteiger partial charge in [-0.05, 0) is 19.1 Å². The van der Waals surface area contributed by atoms with Gasteiger partial charge in [-0.1, -0.05) is 0 Å². The Bertz CT molecular complexity index is 602. The lowest BCUT2D eigenvalue weighted by Gasteiger charge is -1.96. The Labute approximate surface area is 94.1 Å².